The molecule has 0 radical (unpaired) electrons. The van der Waals surface area contributed by atoms with Gasteiger partial charge in [0.1, 0.15) is 6.61 Å². The van der Waals surface area contributed by atoms with Crippen LogP contribution >= 0.6 is 0 Å². The molecule has 0 aromatic carbocycles. The Labute approximate surface area is 94.7 Å². The lowest BCUT2D eigenvalue weighted by Crippen LogP contribution is -2.29. The molecule has 0 heterocycles. The number of carbonyl (C=O) groups excluding carboxylic acids is 1. The molecule has 0 spiro atoms. The summed E-state index contributed by atoms with van der Waals surface area (Å²) in [5.41, 5.74) is 0.313. The molecular weight excluding hydrogens is 237 g/mol. The van der Waals surface area contributed by atoms with E-state index < -0.39 is 22.0 Å². The van der Waals surface area contributed by atoms with Crippen LogP contribution in [0.15, 0.2) is 12.2 Å². The van der Waals surface area contributed by atoms with E-state index in [0.717, 1.165) is 0 Å². The molecule has 94 valence electrons. The van der Waals surface area contributed by atoms with Gasteiger partial charge in [0.2, 0.25) is 16.0 Å². The number of hydrogen-bond donors (Lipinski definition) is 1. The van der Waals surface area contributed by atoms with Crippen molar-refractivity contribution in [2.45, 2.75) is 13.8 Å². The molecule has 0 atom stereocenters. The molecule has 1 N–H and O–H groups in total. The average molecular weight is 253 g/mol. The molecule has 0 fully saturated rings. The summed E-state index contributed by atoms with van der Waals surface area (Å²) >= 11 is 0. The SMILES string of the molecule is C=C(C(=O)OCCNS(=O)(=O)CF)C(C)C. The lowest BCUT2D eigenvalue weighted by atomic mass is 10.1. The monoisotopic (exact) mass is 253 g/mol. The van der Waals surface area contributed by atoms with Gasteiger partial charge in [0.15, 0.2) is 0 Å². The predicted molar refractivity (Wildman–Crippen MR) is 57.8 cm³/mol. The van der Waals surface area contributed by atoms with Crippen molar-refractivity contribution in [3.63, 3.8) is 0 Å². The molecule has 0 aliphatic carbocycles. The molecular formula is C9H16FNO4S. The molecule has 0 aromatic heterocycles. The highest BCUT2D eigenvalue weighted by Gasteiger charge is 2.13. The maximum atomic E-state index is 11.8. The first-order chi connectivity index (χ1) is 7.30. The number of esters is 1. The summed E-state index contributed by atoms with van der Waals surface area (Å²) in [4.78, 5) is 11.2. The number of carbonyl (C=O) groups is 1. The van der Waals surface area contributed by atoms with Crippen LogP contribution in [0, 0.1) is 5.92 Å². The number of hydrogen-bond acceptors (Lipinski definition) is 4. The summed E-state index contributed by atoms with van der Waals surface area (Å²) in [5, 5.41) is 0. The Balaban J connectivity index is 3.85. The predicted octanol–water partition coefficient (Wildman–Crippen LogP) is 0.588. The van der Waals surface area contributed by atoms with Crippen LogP contribution in [-0.4, -0.2) is 33.5 Å². The van der Waals surface area contributed by atoms with Crippen LogP contribution in [0.5, 0.6) is 0 Å². The van der Waals surface area contributed by atoms with Gasteiger partial charge in [0.25, 0.3) is 0 Å². The van der Waals surface area contributed by atoms with E-state index in [9.17, 15) is 17.6 Å². The number of halogens is 1. The Morgan fingerprint density at radius 3 is 2.50 bits per heavy atom. The van der Waals surface area contributed by atoms with E-state index in [4.69, 9.17) is 4.74 Å². The van der Waals surface area contributed by atoms with Crippen LogP contribution in [0.4, 0.5) is 4.39 Å². The Morgan fingerprint density at radius 1 is 1.50 bits per heavy atom. The standard InChI is InChI=1S/C9H16FNO4S/c1-7(2)8(3)9(12)15-5-4-11-16(13,14)6-10/h7,11H,3-6H2,1-2H3. The highest BCUT2D eigenvalue weighted by molar-refractivity contribution is 7.89. The highest BCUT2D eigenvalue weighted by Crippen LogP contribution is 2.07. The normalized spacial score (nSPS) is 11.5. The van der Waals surface area contributed by atoms with E-state index in [1.54, 1.807) is 13.8 Å². The van der Waals surface area contributed by atoms with Gasteiger partial charge in [0, 0.05) is 12.1 Å². The Hall–Kier alpha value is -0.950. The Morgan fingerprint density at radius 2 is 2.06 bits per heavy atom. The Bertz CT molecular complexity index is 351. The molecule has 5 nitrogen and oxygen atoms in total. The maximum Gasteiger partial charge on any atom is 0.333 e. The molecule has 7 heteroatoms. The van der Waals surface area contributed by atoms with Crippen molar-refractivity contribution < 1.29 is 22.3 Å². The van der Waals surface area contributed by atoms with Crippen molar-refractivity contribution in [1.29, 1.82) is 0 Å². The second kappa shape index (κ2) is 6.59. The van der Waals surface area contributed by atoms with E-state index >= 15 is 0 Å². The molecule has 16 heavy (non-hydrogen) atoms. The van der Waals surface area contributed by atoms with Crippen molar-refractivity contribution in [3.8, 4) is 0 Å². The van der Waals surface area contributed by atoms with Crippen molar-refractivity contribution in [1.82, 2.24) is 4.72 Å². The zero-order chi connectivity index (χ0) is 12.8. The minimum atomic E-state index is -3.88. The van der Waals surface area contributed by atoms with Gasteiger partial charge in [-0.3, -0.25) is 0 Å². The molecule has 0 unspecified atom stereocenters. The Kier molecular flexibility index (Phi) is 6.20. The fraction of sp³-hybridized carbons (Fsp3) is 0.667. The number of sulfonamides is 1. The maximum absolute atomic E-state index is 11.8. The number of ether oxygens (including phenoxy) is 1. The minimum Gasteiger partial charge on any atom is -0.461 e. The van der Waals surface area contributed by atoms with Gasteiger partial charge >= 0.3 is 5.97 Å². The molecule has 0 bridgehead atoms. The van der Waals surface area contributed by atoms with Crippen molar-refractivity contribution in [3.05, 3.63) is 12.2 Å². The molecule has 0 saturated heterocycles. The van der Waals surface area contributed by atoms with Crippen LogP contribution in [0.25, 0.3) is 0 Å². The zero-order valence-corrected chi connectivity index (χ0v) is 10.1. The quantitative estimate of drug-likeness (QED) is 0.409. The van der Waals surface area contributed by atoms with E-state index in [-0.39, 0.29) is 19.1 Å². The fourth-order valence-electron chi connectivity index (χ4n) is 0.708. The van der Waals surface area contributed by atoms with Crippen LogP contribution in [-0.2, 0) is 19.6 Å². The molecule has 0 aliphatic rings. The van der Waals surface area contributed by atoms with Crippen LogP contribution in [0.1, 0.15) is 13.8 Å². The third-order valence-corrected chi connectivity index (χ3v) is 2.69. The van der Waals surface area contributed by atoms with Crippen molar-refractivity contribution in [2.75, 3.05) is 19.2 Å². The molecule has 0 amide bonds. The van der Waals surface area contributed by atoms with E-state index in [1.807, 2.05) is 4.72 Å². The van der Waals surface area contributed by atoms with Crippen molar-refractivity contribution >= 4 is 16.0 Å². The third-order valence-electron chi connectivity index (χ3n) is 1.76. The second-order valence-corrected chi connectivity index (χ2v) is 5.17. The third kappa shape index (κ3) is 5.82. The molecule has 0 rings (SSSR count). The van der Waals surface area contributed by atoms with Gasteiger partial charge < -0.3 is 4.74 Å². The minimum absolute atomic E-state index is 0.0324. The van der Waals surface area contributed by atoms with Gasteiger partial charge in [-0.15, -0.1) is 0 Å². The fourth-order valence-corrected chi connectivity index (χ4v) is 1.18. The van der Waals surface area contributed by atoms with Gasteiger partial charge in [-0.05, 0) is 5.92 Å². The van der Waals surface area contributed by atoms with Crippen molar-refractivity contribution in [2.24, 2.45) is 5.92 Å². The van der Waals surface area contributed by atoms with Crippen LogP contribution < -0.4 is 4.72 Å². The number of rotatable bonds is 7. The summed E-state index contributed by atoms with van der Waals surface area (Å²) in [7, 11) is -3.88. The van der Waals surface area contributed by atoms with Gasteiger partial charge in [-0.2, -0.15) is 0 Å². The first kappa shape index (κ1) is 15.0. The lowest BCUT2D eigenvalue weighted by molar-refractivity contribution is -0.139. The van der Waals surface area contributed by atoms with E-state index in [2.05, 4.69) is 6.58 Å². The summed E-state index contributed by atoms with van der Waals surface area (Å²) < 4.78 is 39.7. The van der Waals surface area contributed by atoms with Gasteiger partial charge in [-0.25, -0.2) is 22.3 Å². The molecule has 0 saturated carbocycles. The first-order valence-electron chi connectivity index (χ1n) is 4.69. The summed E-state index contributed by atoms with van der Waals surface area (Å²) in [5.74, 6) is -0.607. The van der Waals surface area contributed by atoms with Gasteiger partial charge in [0.05, 0.1) is 0 Å². The molecule has 0 aliphatic heterocycles. The first-order valence-corrected chi connectivity index (χ1v) is 6.34. The number of alkyl halides is 1. The second-order valence-electron chi connectivity index (χ2n) is 3.43. The topological polar surface area (TPSA) is 72.5 Å². The van der Waals surface area contributed by atoms with E-state index in [1.165, 1.54) is 0 Å². The zero-order valence-electron chi connectivity index (χ0n) is 9.32. The number of nitrogens with one attached hydrogen (secondary N) is 1. The van der Waals surface area contributed by atoms with Crippen LogP contribution in [0.3, 0.4) is 0 Å². The summed E-state index contributed by atoms with van der Waals surface area (Å²) in [6.07, 6.45) is 0. The lowest BCUT2D eigenvalue weighted by Gasteiger charge is -2.09. The smallest absolute Gasteiger partial charge is 0.333 e. The van der Waals surface area contributed by atoms with E-state index in [0.29, 0.717) is 5.57 Å². The van der Waals surface area contributed by atoms with Gasteiger partial charge in [-0.1, -0.05) is 20.4 Å². The average Bonchev–Trinajstić information content (AvgIpc) is 2.22. The summed E-state index contributed by atoms with van der Waals surface area (Å²) in [6, 6.07) is -1.49. The van der Waals surface area contributed by atoms with Crippen LogP contribution in [0.2, 0.25) is 0 Å². The largest absolute Gasteiger partial charge is 0.461 e. The summed E-state index contributed by atoms with van der Waals surface area (Å²) in [6.45, 7) is 6.80. The highest BCUT2D eigenvalue weighted by atomic mass is 32.2. The molecule has 0 aromatic rings.